The molecule has 2 rings (SSSR count). The summed E-state index contributed by atoms with van der Waals surface area (Å²) in [6.07, 6.45) is 3.09. The molecule has 1 aromatic heterocycles. The fourth-order valence-corrected chi connectivity index (χ4v) is 1.61. The van der Waals surface area contributed by atoms with E-state index in [0.29, 0.717) is 16.0 Å². The van der Waals surface area contributed by atoms with Crippen molar-refractivity contribution < 1.29 is 0 Å². The van der Waals surface area contributed by atoms with Gasteiger partial charge < -0.3 is 5.32 Å². The van der Waals surface area contributed by atoms with Crippen LogP contribution in [0.15, 0.2) is 30.6 Å². The smallest absolute Gasteiger partial charge is 0.150 e. The van der Waals surface area contributed by atoms with E-state index in [-0.39, 0.29) is 0 Å². The van der Waals surface area contributed by atoms with E-state index >= 15 is 0 Å². The number of aromatic nitrogens is 2. The van der Waals surface area contributed by atoms with Gasteiger partial charge in [-0.25, -0.2) is 4.98 Å². The van der Waals surface area contributed by atoms with Crippen molar-refractivity contribution in [1.82, 2.24) is 9.97 Å². The van der Waals surface area contributed by atoms with Crippen molar-refractivity contribution in [1.29, 1.82) is 0 Å². The van der Waals surface area contributed by atoms with Crippen LogP contribution in [0.25, 0.3) is 0 Å². The lowest BCUT2D eigenvalue weighted by atomic mass is 10.2. The van der Waals surface area contributed by atoms with Gasteiger partial charge in [0.2, 0.25) is 0 Å². The van der Waals surface area contributed by atoms with Crippen LogP contribution in [0.1, 0.15) is 5.56 Å². The van der Waals surface area contributed by atoms with E-state index in [1.807, 2.05) is 25.1 Å². The van der Waals surface area contributed by atoms with Crippen molar-refractivity contribution in [2.24, 2.45) is 0 Å². The first-order valence-corrected chi connectivity index (χ1v) is 5.42. The number of hydrogen-bond acceptors (Lipinski definition) is 3. The molecule has 0 radical (unpaired) electrons. The Morgan fingerprint density at radius 2 is 2.00 bits per heavy atom. The van der Waals surface area contributed by atoms with Crippen molar-refractivity contribution in [3.05, 3.63) is 46.3 Å². The molecular weight excluding hydrogens is 245 g/mol. The van der Waals surface area contributed by atoms with Gasteiger partial charge in [-0.3, -0.25) is 4.98 Å². The van der Waals surface area contributed by atoms with Crippen LogP contribution in [-0.4, -0.2) is 9.97 Å². The highest BCUT2D eigenvalue weighted by Gasteiger charge is 2.03. The minimum atomic E-state index is 0.352. The summed E-state index contributed by atoms with van der Waals surface area (Å²) in [5.41, 5.74) is 1.86. The number of hydrogen-bond donors (Lipinski definition) is 1. The average molecular weight is 254 g/mol. The summed E-state index contributed by atoms with van der Waals surface area (Å²) in [4.78, 5) is 8.03. The molecule has 0 unspecified atom stereocenters. The highest BCUT2D eigenvalue weighted by Crippen LogP contribution is 2.25. The molecule has 5 heteroatoms. The van der Waals surface area contributed by atoms with Gasteiger partial charge in [0.1, 0.15) is 5.15 Å². The number of halogens is 2. The Hall–Kier alpha value is -1.32. The summed E-state index contributed by atoms with van der Waals surface area (Å²) in [6, 6.07) is 5.63. The van der Waals surface area contributed by atoms with Crippen LogP contribution in [0.4, 0.5) is 11.5 Å². The molecule has 16 heavy (non-hydrogen) atoms. The third-order valence-corrected chi connectivity index (χ3v) is 2.73. The van der Waals surface area contributed by atoms with Crippen LogP contribution < -0.4 is 5.32 Å². The molecule has 1 aromatic carbocycles. The lowest BCUT2D eigenvalue weighted by Gasteiger charge is -2.09. The molecule has 0 aliphatic heterocycles. The monoisotopic (exact) mass is 253 g/mol. The normalized spacial score (nSPS) is 10.2. The summed E-state index contributed by atoms with van der Waals surface area (Å²) in [5, 5.41) is 4.17. The first kappa shape index (κ1) is 11.2. The van der Waals surface area contributed by atoms with Crippen LogP contribution in [0, 0.1) is 6.92 Å². The largest absolute Gasteiger partial charge is 0.339 e. The van der Waals surface area contributed by atoms with Gasteiger partial charge in [-0.15, -0.1) is 0 Å². The summed E-state index contributed by atoms with van der Waals surface area (Å²) < 4.78 is 0. The maximum Gasteiger partial charge on any atom is 0.150 e. The van der Waals surface area contributed by atoms with Crippen molar-refractivity contribution in [2.75, 3.05) is 5.32 Å². The molecule has 3 nitrogen and oxygen atoms in total. The highest BCUT2D eigenvalue weighted by molar-refractivity contribution is 6.31. The Morgan fingerprint density at radius 3 is 2.75 bits per heavy atom. The van der Waals surface area contributed by atoms with E-state index in [4.69, 9.17) is 23.2 Å². The van der Waals surface area contributed by atoms with Gasteiger partial charge >= 0.3 is 0 Å². The summed E-state index contributed by atoms with van der Waals surface area (Å²) >= 11 is 11.8. The third kappa shape index (κ3) is 2.43. The van der Waals surface area contributed by atoms with Crippen LogP contribution in [0.5, 0.6) is 0 Å². The Balaban J connectivity index is 2.31. The summed E-state index contributed by atoms with van der Waals surface area (Å²) in [7, 11) is 0. The molecule has 0 saturated heterocycles. The zero-order chi connectivity index (χ0) is 11.5. The molecule has 82 valence electrons. The molecule has 0 atom stereocenters. The summed E-state index contributed by atoms with van der Waals surface area (Å²) in [6.45, 7) is 1.93. The quantitative estimate of drug-likeness (QED) is 0.884. The van der Waals surface area contributed by atoms with E-state index in [1.54, 1.807) is 6.20 Å². The second-order valence-electron chi connectivity index (χ2n) is 3.26. The first-order valence-electron chi connectivity index (χ1n) is 4.66. The first-order chi connectivity index (χ1) is 7.66. The molecule has 0 saturated carbocycles. The molecular formula is C11H9Cl2N3. The fourth-order valence-electron chi connectivity index (χ4n) is 1.28. The van der Waals surface area contributed by atoms with E-state index in [2.05, 4.69) is 15.3 Å². The van der Waals surface area contributed by atoms with Crippen molar-refractivity contribution in [3.63, 3.8) is 0 Å². The zero-order valence-corrected chi connectivity index (χ0v) is 10.0. The molecule has 0 fully saturated rings. The summed E-state index contributed by atoms with van der Waals surface area (Å²) in [5.74, 6) is 0.595. The minimum absolute atomic E-state index is 0.352. The lowest BCUT2D eigenvalue weighted by Crippen LogP contribution is -1.96. The van der Waals surface area contributed by atoms with Crippen LogP contribution in [-0.2, 0) is 0 Å². The maximum atomic E-state index is 6.01. The van der Waals surface area contributed by atoms with Crippen molar-refractivity contribution in [3.8, 4) is 0 Å². The van der Waals surface area contributed by atoms with E-state index < -0.39 is 0 Å². The van der Waals surface area contributed by atoms with Crippen LogP contribution in [0.3, 0.4) is 0 Å². The molecule has 0 bridgehead atoms. The topological polar surface area (TPSA) is 37.8 Å². The number of rotatable bonds is 2. The van der Waals surface area contributed by atoms with Gasteiger partial charge in [0.05, 0.1) is 12.4 Å². The van der Waals surface area contributed by atoms with Crippen LogP contribution >= 0.6 is 23.2 Å². The standard InChI is InChI=1S/C11H9Cl2N3/c1-7-8(12)3-2-4-9(7)15-11-6-14-5-10(13)16-11/h2-6H,1H3,(H,15,16). The van der Waals surface area contributed by atoms with Gasteiger partial charge in [0, 0.05) is 10.7 Å². The SMILES string of the molecule is Cc1c(Cl)cccc1Nc1cncc(Cl)n1. The number of benzene rings is 1. The average Bonchev–Trinajstić information content (AvgIpc) is 2.25. The molecule has 1 N–H and O–H groups in total. The van der Waals surface area contributed by atoms with Gasteiger partial charge in [-0.1, -0.05) is 29.3 Å². The number of anilines is 2. The molecule has 0 amide bonds. The zero-order valence-electron chi connectivity index (χ0n) is 8.54. The van der Waals surface area contributed by atoms with E-state index in [9.17, 15) is 0 Å². The molecule has 1 heterocycles. The van der Waals surface area contributed by atoms with Crippen molar-refractivity contribution in [2.45, 2.75) is 6.92 Å². The molecule has 0 aliphatic carbocycles. The van der Waals surface area contributed by atoms with Gasteiger partial charge in [0.15, 0.2) is 5.82 Å². The van der Waals surface area contributed by atoms with Gasteiger partial charge in [0.25, 0.3) is 0 Å². The minimum Gasteiger partial charge on any atom is -0.339 e. The van der Waals surface area contributed by atoms with Crippen molar-refractivity contribution >= 4 is 34.7 Å². The second-order valence-corrected chi connectivity index (χ2v) is 4.06. The Kier molecular flexibility index (Phi) is 3.27. The Morgan fingerprint density at radius 1 is 1.19 bits per heavy atom. The lowest BCUT2D eigenvalue weighted by molar-refractivity contribution is 1.19. The highest BCUT2D eigenvalue weighted by atomic mass is 35.5. The second kappa shape index (κ2) is 4.68. The molecule has 0 spiro atoms. The van der Waals surface area contributed by atoms with Crippen LogP contribution in [0.2, 0.25) is 10.2 Å². The Bertz CT molecular complexity index is 514. The van der Waals surface area contributed by atoms with E-state index in [1.165, 1.54) is 6.20 Å². The van der Waals surface area contributed by atoms with E-state index in [0.717, 1.165) is 11.3 Å². The predicted molar refractivity (Wildman–Crippen MR) is 66.5 cm³/mol. The Labute approximate surface area is 103 Å². The predicted octanol–water partition coefficient (Wildman–Crippen LogP) is 3.84. The third-order valence-electron chi connectivity index (χ3n) is 2.14. The van der Waals surface area contributed by atoms with Gasteiger partial charge in [-0.05, 0) is 24.6 Å². The number of nitrogens with one attached hydrogen (secondary N) is 1. The fraction of sp³-hybridized carbons (Fsp3) is 0.0909. The molecule has 2 aromatic rings. The molecule has 0 aliphatic rings. The van der Waals surface area contributed by atoms with Gasteiger partial charge in [-0.2, -0.15) is 0 Å². The maximum absolute atomic E-state index is 6.01. The number of nitrogens with zero attached hydrogens (tertiary/aromatic N) is 2.